The van der Waals surface area contributed by atoms with Crippen LogP contribution in [0.4, 0.5) is 0 Å². The zero-order chi connectivity index (χ0) is 23.1. The van der Waals surface area contributed by atoms with Crippen LogP contribution in [0.25, 0.3) is 0 Å². The maximum atomic E-state index is 11.6. The van der Waals surface area contributed by atoms with Gasteiger partial charge in [-0.3, -0.25) is 14.4 Å². The zero-order valence-electron chi connectivity index (χ0n) is 19.6. The topological polar surface area (TPSA) is 78.9 Å². The average Bonchev–Trinajstić information content (AvgIpc) is 3.13. The first-order chi connectivity index (χ1) is 15.4. The molecule has 0 N–H and O–H groups in total. The lowest BCUT2D eigenvalue weighted by atomic mass is 9.43. The molecule has 4 aliphatic rings. The van der Waals surface area contributed by atoms with Gasteiger partial charge in [-0.15, -0.1) is 6.58 Å². The number of allylic oxidation sites excluding steroid dienone is 1. The molecule has 0 amide bonds. The quantitative estimate of drug-likeness (QED) is 0.314. The molecule has 4 saturated carbocycles. The van der Waals surface area contributed by atoms with E-state index in [4.69, 9.17) is 14.2 Å². The number of fused-ring (bicyclic) bond motifs is 5. The summed E-state index contributed by atoms with van der Waals surface area (Å²) in [5.74, 6) is 1.96. The van der Waals surface area contributed by atoms with E-state index in [1.54, 1.807) is 0 Å². The minimum atomic E-state index is -0.514. The Morgan fingerprint density at radius 3 is 2.09 bits per heavy atom. The van der Waals surface area contributed by atoms with Crippen LogP contribution in [-0.2, 0) is 28.6 Å². The lowest BCUT2D eigenvalue weighted by molar-refractivity contribution is -0.234. The van der Waals surface area contributed by atoms with Gasteiger partial charge in [0.2, 0.25) is 0 Å². The van der Waals surface area contributed by atoms with Crippen molar-refractivity contribution in [1.82, 2.24) is 0 Å². The predicted octanol–water partition coefficient (Wildman–Crippen LogP) is 4.31. The number of carbonyl (C=O) groups excluding carboxylic acids is 3. The van der Waals surface area contributed by atoms with Crippen LogP contribution in [-0.4, -0.2) is 37.7 Å². The summed E-state index contributed by atoms with van der Waals surface area (Å²) in [6.45, 7) is 12.6. The third kappa shape index (κ3) is 3.40. The van der Waals surface area contributed by atoms with Crippen molar-refractivity contribution in [3.63, 3.8) is 0 Å². The Kier molecular flexibility index (Phi) is 6.43. The van der Waals surface area contributed by atoms with Crippen LogP contribution in [0, 0.1) is 46.3 Å². The van der Waals surface area contributed by atoms with E-state index >= 15 is 0 Å². The third-order valence-corrected chi connectivity index (χ3v) is 10.4. The zero-order valence-corrected chi connectivity index (χ0v) is 19.6. The monoisotopic (exact) mass is 446 g/mol. The summed E-state index contributed by atoms with van der Waals surface area (Å²) in [7, 11) is 0. The summed E-state index contributed by atoms with van der Waals surface area (Å²) in [6.07, 6.45) is 7.78. The first kappa shape index (κ1) is 23.3. The highest BCUT2D eigenvalue weighted by Crippen LogP contribution is 2.69. The Balaban J connectivity index is 1.74. The molecule has 4 fully saturated rings. The molecule has 32 heavy (non-hydrogen) atoms. The van der Waals surface area contributed by atoms with E-state index < -0.39 is 12.2 Å². The Bertz CT molecular complexity index is 738. The summed E-state index contributed by atoms with van der Waals surface area (Å²) in [5, 5.41) is 0. The molecule has 6 heteroatoms. The Morgan fingerprint density at radius 2 is 1.44 bits per heavy atom. The Morgan fingerprint density at radius 1 is 0.812 bits per heavy atom. The molecule has 6 nitrogen and oxygen atoms in total. The lowest BCUT2D eigenvalue weighted by Gasteiger charge is -2.64. The average molecular weight is 447 g/mol. The number of hydrogen-bond donors (Lipinski definition) is 0. The molecule has 4 aliphatic carbocycles. The normalized spacial score (nSPS) is 48.2. The second-order valence-corrected chi connectivity index (χ2v) is 11.2. The molecule has 0 aromatic rings. The molecule has 0 bridgehead atoms. The van der Waals surface area contributed by atoms with E-state index in [-0.39, 0.29) is 28.8 Å². The van der Waals surface area contributed by atoms with Crippen molar-refractivity contribution in [3.05, 3.63) is 12.7 Å². The van der Waals surface area contributed by atoms with Crippen molar-refractivity contribution in [3.8, 4) is 0 Å². The van der Waals surface area contributed by atoms with Crippen LogP contribution >= 0.6 is 0 Å². The highest BCUT2D eigenvalue weighted by atomic mass is 16.6. The SMILES string of the molecule is C=C[C@@H](C)[C@H]1CC[C@H]2[C@@H]3[C@H](OC=O)[C@@H](OC=O)[C@@H]4C[C@H](OC=O)CC[C@]4(C)[C@H]3CC[C@]12C. The van der Waals surface area contributed by atoms with Gasteiger partial charge >= 0.3 is 0 Å². The molecule has 0 aliphatic heterocycles. The number of carbonyl (C=O) groups is 3. The van der Waals surface area contributed by atoms with Gasteiger partial charge < -0.3 is 14.2 Å². The summed E-state index contributed by atoms with van der Waals surface area (Å²) in [5.41, 5.74) is 0.110. The van der Waals surface area contributed by atoms with Crippen molar-refractivity contribution in [2.45, 2.75) is 84.0 Å². The molecule has 0 saturated heterocycles. The predicted molar refractivity (Wildman–Crippen MR) is 118 cm³/mol. The third-order valence-electron chi connectivity index (χ3n) is 10.4. The molecule has 11 atom stereocenters. The van der Waals surface area contributed by atoms with Gasteiger partial charge in [0, 0.05) is 11.8 Å². The standard InChI is InChI=1S/C26H38O6/c1-5-16(2)18-6-7-19-22-20(9-11-25(18,19)3)26(4)10-8-17(30-13-27)12-21(26)23(31-14-28)24(22)32-15-29/h5,13-24H,1,6-12H2,2-4H3/t16-,17-,18-,19+,20+,21+,22+,23+,24+,25-,26-/m1/s1. The Hall–Kier alpha value is -1.85. The fourth-order valence-corrected chi connectivity index (χ4v) is 8.91. The molecule has 0 aromatic carbocycles. The fraction of sp³-hybridized carbons (Fsp3) is 0.808. The van der Waals surface area contributed by atoms with Crippen LogP contribution < -0.4 is 0 Å². The molecule has 178 valence electrons. The molecule has 0 radical (unpaired) electrons. The minimum Gasteiger partial charge on any atom is -0.465 e. The lowest BCUT2D eigenvalue weighted by Crippen LogP contribution is -2.65. The van der Waals surface area contributed by atoms with Crippen LogP contribution in [0.15, 0.2) is 12.7 Å². The number of ether oxygens (including phenoxy) is 3. The van der Waals surface area contributed by atoms with Crippen LogP contribution in [0.5, 0.6) is 0 Å². The van der Waals surface area contributed by atoms with Gasteiger partial charge in [0.15, 0.2) is 0 Å². The fourth-order valence-electron chi connectivity index (χ4n) is 8.91. The van der Waals surface area contributed by atoms with E-state index in [2.05, 4.69) is 33.4 Å². The highest BCUT2D eigenvalue weighted by molar-refractivity contribution is 5.41. The smallest absolute Gasteiger partial charge is 0.293 e. The maximum Gasteiger partial charge on any atom is 0.293 e. The minimum absolute atomic E-state index is 0.00810. The van der Waals surface area contributed by atoms with Gasteiger partial charge in [-0.05, 0) is 79.4 Å². The van der Waals surface area contributed by atoms with Gasteiger partial charge in [-0.1, -0.05) is 26.8 Å². The summed E-state index contributed by atoms with van der Waals surface area (Å²) in [4.78, 5) is 34.2. The molecule has 0 spiro atoms. The van der Waals surface area contributed by atoms with Crippen LogP contribution in [0.1, 0.15) is 65.7 Å². The molecular formula is C26H38O6. The molecular weight excluding hydrogens is 408 g/mol. The van der Waals surface area contributed by atoms with E-state index in [1.807, 2.05) is 0 Å². The molecule has 4 rings (SSSR count). The van der Waals surface area contributed by atoms with Crippen molar-refractivity contribution < 1.29 is 28.6 Å². The summed E-state index contributed by atoms with van der Waals surface area (Å²) >= 11 is 0. The van der Waals surface area contributed by atoms with E-state index in [0.717, 1.165) is 38.5 Å². The van der Waals surface area contributed by atoms with Crippen LogP contribution in [0.2, 0.25) is 0 Å². The maximum absolute atomic E-state index is 11.6. The highest BCUT2D eigenvalue weighted by Gasteiger charge is 2.67. The molecule has 0 heterocycles. The van der Waals surface area contributed by atoms with Gasteiger partial charge in [0.1, 0.15) is 18.3 Å². The van der Waals surface area contributed by atoms with E-state index in [0.29, 0.717) is 49.5 Å². The second-order valence-electron chi connectivity index (χ2n) is 11.2. The van der Waals surface area contributed by atoms with E-state index in [1.165, 1.54) is 0 Å². The van der Waals surface area contributed by atoms with Gasteiger partial charge in [0.25, 0.3) is 19.4 Å². The van der Waals surface area contributed by atoms with Crippen LogP contribution in [0.3, 0.4) is 0 Å². The summed E-state index contributed by atoms with van der Waals surface area (Å²) < 4.78 is 16.8. The second kappa shape index (κ2) is 8.83. The van der Waals surface area contributed by atoms with Gasteiger partial charge in [0.05, 0.1) is 0 Å². The Labute approximate surface area is 191 Å². The summed E-state index contributed by atoms with van der Waals surface area (Å²) in [6, 6.07) is 0. The largest absolute Gasteiger partial charge is 0.465 e. The first-order valence-corrected chi connectivity index (χ1v) is 12.3. The van der Waals surface area contributed by atoms with Gasteiger partial charge in [-0.2, -0.15) is 0 Å². The molecule has 0 aromatic heterocycles. The number of hydrogen-bond acceptors (Lipinski definition) is 6. The first-order valence-electron chi connectivity index (χ1n) is 12.3. The van der Waals surface area contributed by atoms with Crippen molar-refractivity contribution in [1.29, 1.82) is 0 Å². The molecule has 0 unspecified atom stereocenters. The van der Waals surface area contributed by atoms with Crippen molar-refractivity contribution in [2.24, 2.45) is 46.3 Å². The van der Waals surface area contributed by atoms with E-state index in [9.17, 15) is 14.4 Å². The van der Waals surface area contributed by atoms with Gasteiger partial charge in [-0.25, -0.2) is 0 Å². The van der Waals surface area contributed by atoms with Crippen molar-refractivity contribution >= 4 is 19.4 Å². The van der Waals surface area contributed by atoms with Crippen molar-refractivity contribution in [2.75, 3.05) is 0 Å². The number of rotatable bonds is 8.